The average Bonchev–Trinajstić information content (AvgIpc) is 2.54. The summed E-state index contributed by atoms with van der Waals surface area (Å²) in [6, 6.07) is 6.52. The minimum atomic E-state index is -0.967. The maximum Gasteiger partial charge on any atom is 0.335 e. The number of amides is 2. The van der Waals surface area contributed by atoms with Crippen LogP contribution in [-0.2, 0) is 4.79 Å². The summed E-state index contributed by atoms with van der Waals surface area (Å²) in [6.07, 6.45) is 1.61. The number of hydrogen-bond donors (Lipinski definition) is 3. The number of urea groups is 1. The molecule has 1 heterocycles. The van der Waals surface area contributed by atoms with E-state index in [1.807, 2.05) is 6.07 Å². The van der Waals surface area contributed by atoms with Gasteiger partial charge in [-0.2, -0.15) is 0 Å². The predicted molar refractivity (Wildman–Crippen MR) is 82.6 cm³/mol. The van der Waals surface area contributed by atoms with Gasteiger partial charge in [0.15, 0.2) is 0 Å². The van der Waals surface area contributed by atoms with Gasteiger partial charge in [0.05, 0.1) is 12.0 Å². The zero-order valence-electron chi connectivity index (χ0n) is 12.7. The summed E-state index contributed by atoms with van der Waals surface area (Å²) in [7, 11) is 0. The number of hydrogen-bond acceptors (Lipinski definition) is 3. The van der Waals surface area contributed by atoms with Gasteiger partial charge in [-0.3, -0.25) is 4.79 Å². The van der Waals surface area contributed by atoms with Crippen molar-refractivity contribution in [2.45, 2.75) is 25.2 Å². The maximum atomic E-state index is 12.1. The number of benzene rings is 1. The molecule has 7 heteroatoms. The fraction of sp³-hybridized carbons (Fsp3) is 0.438. The van der Waals surface area contributed by atoms with E-state index in [0.29, 0.717) is 13.1 Å². The van der Waals surface area contributed by atoms with Crippen molar-refractivity contribution < 1.29 is 24.6 Å². The maximum absolute atomic E-state index is 12.1. The molecule has 124 valence electrons. The molecule has 1 unspecified atom stereocenters. The Kier molecular flexibility index (Phi) is 5.56. The first-order valence-corrected chi connectivity index (χ1v) is 7.55. The second kappa shape index (κ2) is 7.62. The van der Waals surface area contributed by atoms with Gasteiger partial charge in [-0.25, -0.2) is 9.59 Å². The van der Waals surface area contributed by atoms with E-state index in [1.54, 1.807) is 23.1 Å². The normalized spacial score (nSPS) is 17.6. The van der Waals surface area contributed by atoms with Crippen LogP contribution in [0.5, 0.6) is 0 Å². The SMILES string of the molecule is O=C(O)CCNC(=O)N1CCCC(c2cccc(C(=O)O)c2)C1. The molecule has 0 bridgehead atoms. The van der Waals surface area contributed by atoms with Crippen molar-refractivity contribution in [2.24, 2.45) is 0 Å². The van der Waals surface area contributed by atoms with Gasteiger partial charge in [0.25, 0.3) is 0 Å². The van der Waals surface area contributed by atoms with Gasteiger partial charge in [0, 0.05) is 25.6 Å². The quantitative estimate of drug-likeness (QED) is 0.766. The lowest BCUT2D eigenvalue weighted by Crippen LogP contribution is -2.45. The van der Waals surface area contributed by atoms with Crippen molar-refractivity contribution in [1.82, 2.24) is 10.2 Å². The van der Waals surface area contributed by atoms with Crippen LogP contribution in [-0.4, -0.2) is 52.7 Å². The molecule has 1 saturated heterocycles. The van der Waals surface area contributed by atoms with Crippen LogP contribution < -0.4 is 5.32 Å². The van der Waals surface area contributed by atoms with Crippen molar-refractivity contribution in [3.63, 3.8) is 0 Å². The molecule has 3 N–H and O–H groups in total. The Balaban J connectivity index is 1.97. The number of carbonyl (C=O) groups is 3. The van der Waals surface area contributed by atoms with E-state index in [1.165, 1.54) is 0 Å². The van der Waals surface area contributed by atoms with Gasteiger partial charge in [-0.15, -0.1) is 0 Å². The topological polar surface area (TPSA) is 107 Å². The van der Waals surface area contributed by atoms with Crippen LogP contribution in [0.25, 0.3) is 0 Å². The third-order valence-corrected chi connectivity index (χ3v) is 3.93. The van der Waals surface area contributed by atoms with Crippen molar-refractivity contribution >= 4 is 18.0 Å². The zero-order chi connectivity index (χ0) is 16.8. The van der Waals surface area contributed by atoms with Crippen LogP contribution in [0, 0.1) is 0 Å². The summed E-state index contributed by atoms with van der Waals surface area (Å²) < 4.78 is 0. The highest BCUT2D eigenvalue weighted by molar-refractivity contribution is 5.87. The molecule has 0 aromatic heterocycles. The zero-order valence-corrected chi connectivity index (χ0v) is 12.7. The molecule has 1 aliphatic heterocycles. The number of nitrogens with one attached hydrogen (secondary N) is 1. The lowest BCUT2D eigenvalue weighted by atomic mass is 9.90. The minimum absolute atomic E-state index is 0.0910. The number of rotatable bonds is 5. The Hall–Kier alpha value is -2.57. The molecular weight excluding hydrogens is 300 g/mol. The molecule has 23 heavy (non-hydrogen) atoms. The van der Waals surface area contributed by atoms with Gasteiger partial charge < -0.3 is 20.4 Å². The van der Waals surface area contributed by atoms with E-state index < -0.39 is 11.9 Å². The van der Waals surface area contributed by atoms with Crippen LogP contribution >= 0.6 is 0 Å². The Bertz CT molecular complexity index is 602. The second-order valence-corrected chi connectivity index (χ2v) is 5.59. The van der Waals surface area contributed by atoms with Crippen LogP contribution in [0.3, 0.4) is 0 Å². The Labute approximate surface area is 133 Å². The smallest absolute Gasteiger partial charge is 0.335 e. The van der Waals surface area contributed by atoms with E-state index in [2.05, 4.69) is 5.32 Å². The van der Waals surface area contributed by atoms with Crippen molar-refractivity contribution in [2.75, 3.05) is 19.6 Å². The first-order chi connectivity index (χ1) is 11.0. The summed E-state index contributed by atoms with van der Waals surface area (Å²) in [5.74, 6) is -1.83. The number of likely N-dealkylation sites (tertiary alicyclic amines) is 1. The van der Waals surface area contributed by atoms with Crippen LogP contribution in [0.15, 0.2) is 24.3 Å². The van der Waals surface area contributed by atoms with E-state index >= 15 is 0 Å². The monoisotopic (exact) mass is 320 g/mol. The average molecular weight is 320 g/mol. The van der Waals surface area contributed by atoms with E-state index in [0.717, 1.165) is 18.4 Å². The molecule has 0 radical (unpaired) electrons. The number of aromatic carboxylic acids is 1. The fourth-order valence-electron chi connectivity index (χ4n) is 2.75. The van der Waals surface area contributed by atoms with Gasteiger partial charge >= 0.3 is 18.0 Å². The summed E-state index contributed by atoms with van der Waals surface area (Å²) >= 11 is 0. The molecule has 0 aliphatic carbocycles. The van der Waals surface area contributed by atoms with E-state index in [4.69, 9.17) is 10.2 Å². The summed E-state index contributed by atoms with van der Waals surface area (Å²) in [4.78, 5) is 35.2. The molecule has 7 nitrogen and oxygen atoms in total. The van der Waals surface area contributed by atoms with Crippen LogP contribution in [0.2, 0.25) is 0 Å². The van der Waals surface area contributed by atoms with Crippen molar-refractivity contribution in [3.05, 3.63) is 35.4 Å². The Morgan fingerprint density at radius 3 is 2.74 bits per heavy atom. The number of aliphatic carboxylic acids is 1. The third-order valence-electron chi connectivity index (χ3n) is 3.93. The fourth-order valence-corrected chi connectivity index (χ4v) is 2.75. The standard InChI is InChI=1S/C16H20N2O5/c19-14(20)6-7-17-16(23)18-8-2-5-13(10-18)11-3-1-4-12(9-11)15(21)22/h1,3-4,9,13H,2,5-8,10H2,(H,17,23)(H,19,20)(H,21,22). The largest absolute Gasteiger partial charge is 0.481 e. The number of carbonyl (C=O) groups excluding carboxylic acids is 1. The summed E-state index contributed by atoms with van der Waals surface area (Å²) in [5, 5.41) is 20.3. The van der Waals surface area contributed by atoms with Crippen molar-refractivity contribution in [1.29, 1.82) is 0 Å². The van der Waals surface area contributed by atoms with Crippen LogP contribution in [0.4, 0.5) is 4.79 Å². The summed E-state index contributed by atoms with van der Waals surface area (Å²) in [6.45, 7) is 1.22. The highest BCUT2D eigenvalue weighted by atomic mass is 16.4. The van der Waals surface area contributed by atoms with Gasteiger partial charge in [-0.1, -0.05) is 12.1 Å². The molecule has 0 spiro atoms. The second-order valence-electron chi connectivity index (χ2n) is 5.59. The molecule has 1 fully saturated rings. The van der Waals surface area contributed by atoms with E-state index in [9.17, 15) is 14.4 Å². The molecule has 1 aromatic rings. The number of piperidine rings is 1. The lowest BCUT2D eigenvalue weighted by molar-refractivity contribution is -0.136. The number of nitrogens with zero attached hydrogens (tertiary/aromatic N) is 1. The molecule has 1 aromatic carbocycles. The number of carboxylic acid groups (broad SMARTS) is 2. The van der Waals surface area contributed by atoms with Gasteiger partial charge in [-0.05, 0) is 30.5 Å². The van der Waals surface area contributed by atoms with E-state index in [-0.39, 0.29) is 30.5 Å². The Morgan fingerprint density at radius 1 is 1.26 bits per heavy atom. The molecule has 2 rings (SSSR count). The minimum Gasteiger partial charge on any atom is -0.481 e. The first-order valence-electron chi connectivity index (χ1n) is 7.55. The highest BCUT2D eigenvalue weighted by Crippen LogP contribution is 2.27. The molecule has 0 saturated carbocycles. The van der Waals surface area contributed by atoms with Crippen molar-refractivity contribution in [3.8, 4) is 0 Å². The molecule has 2 amide bonds. The van der Waals surface area contributed by atoms with Gasteiger partial charge in [0.1, 0.15) is 0 Å². The number of carboxylic acids is 2. The van der Waals surface area contributed by atoms with Crippen LogP contribution in [0.1, 0.15) is 41.1 Å². The Morgan fingerprint density at radius 2 is 2.04 bits per heavy atom. The first kappa shape index (κ1) is 16.8. The highest BCUT2D eigenvalue weighted by Gasteiger charge is 2.25. The third kappa shape index (κ3) is 4.70. The molecule has 1 atom stereocenters. The summed E-state index contributed by atoms with van der Waals surface area (Å²) in [5.41, 5.74) is 1.15. The lowest BCUT2D eigenvalue weighted by Gasteiger charge is -2.33. The predicted octanol–water partition coefficient (Wildman–Crippen LogP) is 1.75. The molecule has 1 aliphatic rings. The molecular formula is C16H20N2O5. The van der Waals surface area contributed by atoms with Gasteiger partial charge in [0.2, 0.25) is 0 Å².